The van der Waals surface area contributed by atoms with Gasteiger partial charge in [0.2, 0.25) is 5.88 Å². The van der Waals surface area contributed by atoms with Gasteiger partial charge in [-0.15, -0.1) is 24.0 Å². The number of nitrogens with zero attached hydrogens (tertiary/aromatic N) is 3. The maximum Gasteiger partial charge on any atom is 0.219 e. The van der Waals surface area contributed by atoms with Crippen molar-refractivity contribution < 1.29 is 9.47 Å². The summed E-state index contributed by atoms with van der Waals surface area (Å²) in [6.07, 6.45) is 4.34. The van der Waals surface area contributed by atoms with Gasteiger partial charge in [-0.2, -0.15) is 0 Å². The standard InChI is InChI=1S/C23H33N5O2.HI/c1-4-28-14-8-9-19(28)17-27-23(24-3)26-16-18-12-13-22(25-15-18)30-21-11-7-6-10-20(21)29-5-2;/h6-7,10-13,15,19H,4-5,8-9,14,16-17H2,1-3H3,(H2,24,26,27);1H. The van der Waals surface area contributed by atoms with Crippen molar-refractivity contribution >= 4 is 29.9 Å². The number of ether oxygens (including phenoxy) is 2. The molecule has 0 amide bonds. The molecule has 1 aromatic heterocycles. The summed E-state index contributed by atoms with van der Waals surface area (Å²) in [4.78, 5) is 11.3. The van der Waals surface area contributed by atoms with Crippen molar-refractivity contribution in [1.29, 1.82) is 0 Å². The van der Waals surface area contributed by atoms with Gasteiger partial charge in [0, 0.05) is 38.4 Å². The van der Waals surface area contributed by atoms with Crippen molar-refractivity contribution in [2.45, 2.75) is 39.3 Å². The Kier molecular flexibility index (Phi) is 10.9. The number of halogens is 1. The van der Waals surface area contributed by atoms with Crippen LogP contribution in [-0.2, 0) is 6.54 Å². The Bertz CT molecular complexity index is 816. The van der Waals surface area contributed by atoms with E-state index in [1.807, 2.05) is 49.5 Å². The third-order valence-electron chi connectivity index (χ3n) is 5.26. The van der Waals surface area contributed by atoms with Gasteiger partial charge in [0.05, 0.1) is 6.61 Å². The summed E-state index contributed by atoms with van der Waals surface area (Å²) in [5.74, 6) is 2.72. The minimum Gasteiger partial charge on any atom is -0.490 e. The first-order chi connectivity index (χ1) is 14.7. The van der Waals surface area contributed by atoms with Gasteiger partial charge in [-0.25, -0.2) is 4.98 Å². The van der Waals surface area contributed by atoms with Gasteiger partial charge in [0.15, 0.2) is 17.5 Å². The summed E-state index contributed by atoms with van der Waals surface area (Å²) < 4.78 is 11.5. The highest BCUT2D eigenvalue weighted by molar-refractivity contribution is 14.0. The van der Waals surface area contributed by atoms with E-state index in [1.54, 1.807) is 7.05 Å². The van der Waals surface area contributed by atoms with Crippen molar-refractivity contribution in [3.63, 3.8) is 0 Å². The molecule has 1 aliphatic rings. The summed E-state index contributed by atoms with van der Waals surface area (Å²) in [5.41, 5.74) is 1.06. The summed E-state index contributed by atoms with van der Waals surface area (Å²) in [6.45, 7) is 8.62. The van der Waals surface area contributed by atoms with Gasteiger partial charge in [0.25, 0.3) is 0 Å². The highest BCUT2D eigenvalue weighted by Crippen LogP contribution is 2.30. The lowest BCUT2D eigenvalue weighted by molar-refractivity contribution is 0.267. The Morgan fingerprint density at radius 2 is 1.97 bits per heavy atom. The lowest BCUT2D eigenvalue weighted by Crippen LogP contribution is -2.44. The van der Waals surface area contributed by atoms with Gasteiger partial charge < -0.3 is 20.1 Å². The van der Waals surface area contributed by atoms with E-state index in [1.165, 1.54) is 19.4 Å². The second kappa shape index (κ2) is 13.4. The lowest BCUT2D eigenvalue weighted by atomic mass is 10.2. The minimum absolute atomic E-state index is 0. The Hall–Kier alpha value is -2.07. The van der Waals surface area contributed by atoms with Crippen molar-refractivity contribution in [2.75, 3.05) is 33.3 Å². The topological polar surface area (TPSA) is 71.0 Å². The molecule has 1 atom stereocenters. The van der Waals surface area contributed by atoms with E-state index in [0.717, 1.165) is 24.6 Å². The third kappa shape index (κ3) is 7.53. The lowest BCUT2D eigenvalue weighted by Gasteiger charge is -2.24. The first-order valence-corrected chi connectivity index (χ1v) is 10.8. The van der Waals surface area contributed by atoms with E-state index >= 15 is 0 Å². The summed E-state index contributed by atoms with van der Waals surface area (Å²) in [5, 5.41) is 6.80. The summed E-state index contributed by atoms with van der Waals surface area (Å²) in [7, 11) is 1.80. The SMILES string of the molecule is CCOc1ccccc1Oc1ccc(CNC(=NC)NCC2CCCN2CC)cn1.I. The molecule has 1 aromatic carbocycles. The highest BCUT2D eigenvalue weighted by Gasteiger charge is 2.22. The monoisotopic (exact) mass is 539 g/mol. The van der Waals surface area contributed by atoms with E-state index in [0.29, 0.717) is 36.6 Å². The van der Waals surface area contributed by atoms with Crippen LogP contribution in [0.4, 0.5) is 0 Å². The summed E-state index contributed by atoms with van der Waals surface area (Å²) in [6, 6.07) is 12.1. The maximum absolute atomic E-state index is 5.88. The van der Waals surface area contributed by atoms with Crippen molar-refractivity contribution in [3.8, 4) is 17.4 Å². The Morgan fingerprint density at radius 1 is 1.16 bits per heavy atom. The molecule has 2 aromatic rings. The smallest absolute Gasteiger partial charge is 0.219 e. The molecular weight excluding hydrogens is 505 g/mol. The fourth-order valence-corrected chi connectivity index (χ4v) is 3.66. The first-order valence-electron chi connectivity index (χ1n) is 10.8. The molecule has 0 bridgehead atoms. The van der Waals surface area contributed by atoms with Crippen molar-refractivity contribution in [1.82, 2.24) is 20.5 Å². The van der Waals surface area contributed by atoms with E-state index < -0.39 is 0 Å². The number of hydrogen-bond acceptors (Lipinski definition) is 5. The zero-order valence-electron chi connectivity index (χ0n) is 18.6. The number of benzene rings is 1. The van der Waals surface area contributed by atoms with E-state index in [2.05, 4.69) is 32.4 Å². The Balaban J connectivity index is 0.00000341. The number of nitrogens with one attached hydrogen (secondary N) is 2. The molecule has 170 valence electrons. The van der Waals surface area contributed by atoms with Crippen LogP contribution >= 0.6 is 24.0 Å². The van der Waals surface area contributed by atoms with Gasteiger partial charge in [0.1, 0.15) is 0 Å². The predicted molar refractivity (Wildman–Crippen MR) is 136 cm³/mol. The second-order valence-corrected chi connectivity index (χ2v) is 7.22. The molecule has 1 aliphatic heterocycles. The molecule has 1 saturated heterocycles. The van der Waals surface area contributed by atoms with E-state index in [-0.39, 0.29) is 24.0 Å². The fraction of sp³-hybridized carbons (Fsp3) is 0.478. The van der Waals surface area contributed by atoms with Gasteiger partial charge in [-0.3, -0.25) is 9.89 Å². The minimum atomic E-state index is 0. The molecule has 1 fully saturated rings. The van der Waals surface area contributed by atoms with Crippen LogP contribution in [0.25, 0.3) is 0 Å². The molecule has 3 rings (SSSR count). The molecule has 8 heteroatoms. The zero-order valence-corrected chi connectivity index (χ0v) is 21.0. The van der Waals surface area contributed by atoms with Crippen molar-refractivity contribution in [2.24, 2.45) is 4.99 Å². The van der Waals surface area contributed by atoms with Crippen LogP contribution in [0.2, 0.25) is 0 Å². The van der Waals surface area contributed by atoms with Crippen molar-refractivity contribution in [3.05, 3.63) is 48.2 Å². The normalized spacial score (nSPS) is 16.5. The second-order valence-electron chi connectivity index (χ2n) is 7.22. The van der Waals surface area contributed by atoms with Crippen LogP contribution in [0.3, 0.4) is 0 Å². The predicted octanol–water partition coefficient (Wildman–Crippen LogP) is 4.04. The molecule has 0 saturated carbocycles. The maximum atomic E-state index is 5.88. The Labute approximate surface area is 202 Å². The molecule has 2 N–H and O–H groups in total. The molecule has 31 heavy (non-hydrogen) atoms. The average molecular weight is 539 g/mol. The number of likely N-dealkylation sites (tertiary alicyclic amines) is 1. The van der Waals surface area contributed by atoms with E-state index in [9.17, 15) is 0 Å². The number of hydrogen-bond donors (Lipinski definition) is 2. The molecule has 0 spiro atoms. The number of para-hydroxylation sites is 2. The van der Waals surface area contributed by atoms with Crippen LogP contribution in [0.15, 0.2) is 47.6 Å². The highest BCUT2D eigenvalue weighted by atomic mass is 127. The molecule has 0 radical (unpaired) electrons. The van der Waals surface area contributed by atoms with Crippen LogP contribution < -0.4 is 20.1 Å². The zero-order chi connectivity index (χ0) is 21.2. The van der Waals surface area contributed by atoms with Crippen LogP contribution in [0.5, 0.6) is 17.4 Å². The number of likely N-dealkylation sites (N-methyl/N-ethyl adjacent to an activating group) is 1. The number of pyridine rings is 1. The van der Waals surface area contributed by atoms with Crippen LogP contribution in [0.1, 0.15) is 32.3 Å². The number of aromatic nitrogens is 1. The largest absolute Gasteiger partial charge is 0.490 e. The third-order valence-corrected chi connectivity index (χ3v) is 5.26. The first kappa shape index (κ1) is 25.2. The number of guanidine groups is 1. The molecule has 2 heterocycles. The molecule has 7 nitrogen and oxygen atoms in total. The van der Waals surface area contributed by atoms with E-state index in [4.69, 9.17) is 9.47 Å². The number of rotatable bonds is 9. The Morgan fingerprint density at radius 3 is 2.65 bits per heavy atom. The molecule has 1 unspecified atom stereocenters. The fourth-order valence-electron chi connectivity index (χ4n) is 3.66. The average Bonchev–Trinajstić information content (AvgIpc) is 3.24. The van der Waals surface area contributed by atoms with Crippen LogP contribution in [0, 0.1) is 0 Å². The quantitative estimate of drug-likeness (QED) is 0.285. The van der Waals surface area contributed by atoms with Gasteiger partial charge >= 0.3 is 0 Å². The summed E-state index contributed by atoms with van der Waals surface area (Å²) >= 11 is 0. The van der Waals surface area contributed by atoms with Gasteiger partial charge in [-0.1, -0.05) is 25.1 Å². The van der Waals surface area contributed by atoms with Gasteiger partial charge in [-0.05, 0) is 50.6 Å². The number of aliphatic imine (C=N–C) groups is 1. The molecule has 0 aliphatic carbocycles. The van der Waals surface area contributed by atoms with Crippen LogP contribution in [-0.4, -0.2) is 55.2 Å². The molecular formula is C23H34IN5O2.